The molecule has 1 heterocycles. The number of nitrogens with zero attached hydrogens (tertiary/aromatic N) is 1. The normalized spacial score (nSPS) is 10.3. The number of carbonyl (C=O) groups excluding carboxylic acids is 1. The van der Waals surface area contributed by atoms with Gasteiger partial charge < -0.3 is 0 Å². The van der Waals surface area contributed by atoms with Crippen LogP contribution in [-0.2, 0) is 17.6 Å². The molecule has 1 aromatic heterocycles. The first-order valence-corrected chi connectivity index (χ1v) is 6.70. The zero-order valence-corrected chi connectivity index (χ0v) is 11.6. The van der Waals surface area contributed by atoms with Crippen molar-refractivity contribution in [1.29, 1.82) is 0 Å². The zero-order chi connectivity index (χ0) is 12.8. The molecule has 92 valence electrons. The number of hydrogen-bond donors (Lipinski definition) is 0. The van der Waals surface area contributed by atoms with Crippen LogP contribution in [0.15, 0.2) is 53.1 Å². The maximum atomic E-state index is 11.9. The molecule has 0 spiro atoms. The molecule has 0 fully saturated rings. The molecule has 0 radical (unpaired) electrons. The number of aryl methyl sites for hydroxylation is 1. The third-order valence-electron chi connectivity index (χ3n) is 2.73. The number of aromatic nitrogens is 1. The monoisotopic (exact) mass is 303 g/mol. The van der Waals surface area contributed by atoms with Gasteiger partial charge >= 0.3 is 0 Å². The van der Waals surface area contributed by atoms with Gasteiger partial charge in [-0.2, -0.15) is 0 Å². The standard InChI is InChI=1S/C15H14BrNO/c16-15-7-2-1-5-12(15)11-14(18)9-8-13-6-3-4-10-17-13/h1-7,10H,8-9,11H2. The summed E-state index contributed by atoms with van der Waals surface area (Å²) in [5, 5.41) is 0. The predicted octanol–water partition coefficient (Wildman–Crippen LogP) is 3.59. The van der Waals surface area contributed by atoms with Gasteiger partial charge in [0.25, 0.3) is 0 Å². The van der Waals surface area contributed by atoms with E-state index in [0.29, 0.717) is 19.3 Å². The number of carbonyl (C=O) groups is 1. The number of hydrogen-bond acceptors (Lipinski definition) is 2. The van der Waals surface area contributed by atoms with Crippen molar-refractivity contribution in [3.8, 4) is 0 Å². The Morgan fingerprint density at radius 2 is 1.89 bits per heavy atom. The number of benzene rings is 1. The number of ketones is 1. The molecule has 18 heavy (non-hydrogen) atoms. The molecule has 0 unspecified atom stereocenters. The second kappa shape index (κ2) is 6.45. The van der Waals surface area contributed by atoms with Gasteiger partial charge in [-0.3, -0.25) is 9.78 Å². The third kappa shape index (κ3) is 3.77. The quantitative estimate of drug-likeness (QED) is 0.845. The summed E-state index contributed by atoms with van der Waals surface area (Å²) in [6, 6.07) is 13.6. The number of pyridine rings is 1. The van der Waals surface area contributed by atoms with Crippen LogP contribution < -0.4 is 0 Å². The Morgan fingerprint density at radius 3 is 2.61 bits per heavy atom. The SMILES string of the molecule is O=C(CCc1ccccn1)Cc1ccccc1Br. The van der Waals surface area contributed by atoms with Crippen LogP contribution in [0.5, 0.6) is 0 Å². The summed E-state index contributed by atoms with van der Waals surface area (Å²) >= 11 is 3.46. The molecule has 0 aliphatic rings. The van der Waals surface area contributed by atoms with Gasteiger partial charge in [0.1, 0.15) is 5.78 Å². The Morgan fingerprint density at radius 1 is 1.11 bits per heavy atom. The van der Waals surface area contributed by atoms with Crippen LogP contribution in [0.25, 0.3) is 0 Å². The van der Waals surface area contributed by atoms with E-state index in [1.807, 2.05) is 42.5 Å². The van der Waals surface area contributed by atoms with Crippen molar-refractivity contribution >= 4 is 21.7 Å². The van der Waals surface area contributed by atoms with Crippen LogP contribution in [0.1, 0.15) is 17.7 Å². The highest BCUT2D eigenvalue weighted by Gasteiger charge is 2.07. The fourth-order valence-electron chi connectivity index (χ4n) is 1.76. The zero-order valence-electron chi connectivity index (χ0n) is 9.97. The molecule has 2 nitrogen and oxygen atoms in total. The summed E-state index contributed by atoms with van der Waals surface area (Å²) in [5.74, 6) is 0.243. The minimum absolute atomic E-state index is 0.243. The van der Waals surface area contributed by atoms with E-state index in [2.05, 4.69) is 20.9 Å². The average molecular weight is 304 g/mol. The maximum Gasteiger partial charge on any atom is 0.137 e. The Bertz CT molecular complexity index is 525. The predicted molar refractivity (Wildman–Crippen MR) is 75.4 cm³/mol. The van der Waals surface area contributed by atoms with Gasteiger partial charge in [-0.1, -0.05) is 40.2 Å². The molecule has 0 aliphatic carbocycles. The lowest BCUT2D eigenvalue weighted by Gasteiger charge is -2.03. The maximum absolute atomic E-state index is 11.9. The molecule has 0 N–H and O–H groups in total. The number of rotatable bonds is 5. The Labute approximate surface area is 115 Å². The smallest absolute Gasteiger partial charge is 0.137 e. The lowest BCUT2D eigenvalue weighted by molar-refractivity contribution is -0.118. The molecular weight excluding hydrogens is 290 g/mol. The molecule has 0 saturated carbocycles. The molecule has 3 heteroatoms. The average Bonchev–Trinajstić information content (AvgIpc) is 2.40. The van der Waals surface area contributed by atoms with E-state index in [4.69, 9.17) is 0 Å². The van der Waals surface area contributed by atoms with E-state index in [1.165, 1.54) is 0 Å². The van der Waals surface area contributed by atoms with Gasteiger partial charge in [-0.15, -0.1) is 0 Å². The second-order valence-corrected chi connectivity index (χ2v) is 4.98. The van der Waals surface area contributed by atoms with E-state index < -0.39 is 0 Å². The first-order valence-electron chi connectivity index (χ1n) is 5.91. The summed E-state index contributed by atoms with van der Waals surface area (Å²) < 4.78 is 0.996. The first kappa shape index (κ1) is 13.0. The van der Waals surface area contributed by atoms with Crippen LogP contribution in [0.3, 0.4) is 0 Å². The van der Waals surface area contributed by atoms with Gasteiger partial charge in [-0.05, 0) is 30.2 Å². The van der Waals surface area contributed by atoms with E-state index >= 15 is 0 Å². The van der Waals surface area contributed by atoms with E-state index in [1.54, 1.807) is 6.20 Å². The van der Waals surface area contributed by atoms with Crippen LogP contribution in [0.2, 0.25) is 0 Å². The van der Waals surface area contributed by atoms with Crippen LogP contribution in [0, 0.1) is 0 Å². The fraction of sp³-hybridized carbons (Fsp3) is 0.200. The summed E-state index contributed by atoms with van der Waals surface area (Å²) in [6.07, 6.45) is 3.49. The molecular formula is C15H14BrNO. The Hall–Kier alpha value is -1.48. The highest BCUT2D eigenvalue weighted by molar-refractivity contribution is 9.10. The van der Waals surface area contributed by atoms with Crippen molar-refractivity contribution in [3.05, 3.63) is 64.4 Å². The Balaban J connectivity index is 1.88. The minimum atomic E-state index is 0.243. The molecule has 0 amide bonds. The Kier molecular flexibility index (Phi) is 4.65. The first-order chi connectivity index (χ1) is 8.75. The molecule has 0 saturated heterocycles. The molecule has 1 aromatic carbocycles. The lowest BCUT2D eigenvalue weighted by atomic mass is 10.0. The van der Waals surface area contributed by atoms with Gasteiger partial charge in [-0.25, -0.2) is 0 Å². The van der Waals surface area contributed by atoms with Crippen molar-refractivity contribution < 1.29 is 4.79 Å². The summed E-state index contributed by atoms with van der Waals surface area (Å²) in [4.78, 5) is 16.1. The summed E-state index contributed by atoms with van der Waals surface area (Å²) in [6.45, 7) is 0. The van der Waals surface area contributed by atoms with Crippen molar-refractivity contribution in [2.24, 2.45) is 0 Å². The van der Waals surface area contributed by atoms with Crippen LogP contribution in [-0.4, -0.2) is 10.8 Å². The molecule has 0 aliphatic heterocycles. The third-order valence-corrected chi connectivity index (χ3v) is 3.51. The molecule has 0 bridgehead atoms. The molecule has 2 rings (SSSR count). The summed E-state index contributed by atoms with van der Waals surface area (Å²) in [5.41, 5.74) is 2.02. The van der Waals surface area contributed by atoms with Crippen molar-refractivity contribution in [1.82, 2.24) is 4.98 Å². The van der Waals surface area contributed by atoms with E-state index in [-0.39, 0.29) is 5.78 Å². The van der Waals surface area contributed by atoms with Gasteiger partial charge in [0.05, 0.1) is 0 Å². The van der Waals surface area contributed by atoms with E-state index in [0.717, 1.165) is 15.7 Å². The van der Waals surface area contributed by atoms with Crippen molar-refractivity contribution in [2.75, 3.05) is 0 Å². The van der Waals surface area contributed by atoms with Gasteiger partial charge in [0, 0.05) is 29.2 Å². The fourth-order valence-corrected chi connectivity index (χ4v) is 2.18. The largest absolute Gasteiger partial charge is 0.299 e. The topological polar surface area (TPSA) is 30.0 Å². The van der Waals surface area contributed by atoms with E-state index in [9.17, 15) is 4.79 Å². The highest BCUT2D eigenvalue weighted by Crippen LogP contribution is 2.17. The van der Waals surface area contributed by atoms with Crippen molar-refractivity contribution in [3.63, 3.8) is 0 Å². The molecule has 0 atom stereocenters. The lowest BCUT2D eigenvalue weighted by Crippen LogP contribution is -2.05. The van der Waals surface area contributed by atoms with Crippen molar-refractivity contribution in [2.45, 2.75) is 19.3 Å². The van der Waals surface area contributed by atoms with Gasteiger partial charge in [0.2, 0.25) is 0 Å². The van der Waals surface area contributed by atoms with Gasteiger partial charge in [0.15, 0.2) is 0 Å². The van der Waals surface area contributed by atoms with Crippen LogP contribution in [0.4, 0.5) is 0 Å². The number of halogens is 1. The molecule has 2 aromatic rings. The van der Waals surface area contributed by atoms with Crippen LogP contribution >= 0.6 is 15.9 Å². The number of Topliss-reactive ketones (excluding diaryl/α,β-unsaturated/α-hetero) is 1. The second-order valence-electron chi connectivity index (χ2n) is 4.13. The highest BCUT2D eigenvalue weighted by atomic mass is 79.9. The summed E-state index contributed by atoms with van der Waals surface area (Å²) in [7, 11) is 0. The minimum Gasteiger partial charge on any atom is -0.299 e.